The Morgan fingerprint density at radius 2 is 2.19 bits per heavy atom. The number of nitrogens with zero attached hydrogens (tertiary/aromatic N) is 1. The van der Waals surface area contributed by atoms with Crippen molar-refractivity contribution in [1.82, 2.24) is 4.90 Å². The van der Waals surface area contributed by atoms with E-state index in [1.807, 2.05) is 0 Å². The first kappa shape index (κ1) is 13.5. The zero-order chi connectivity index (χ0) is 12.4. The molecular weight excluding hydrogens is 204 g/mol. The van der Waals surface area contributed by atoms with E-state index in [0.717, 1.165) is 13.0 Å². The van der Waals surface area contributed by atoms with Crippen LogP contribution in [-0.4, -0.2) is 41.6 Å². The van der Waals surface area contributed by atoms with Crippen LogP contribution >= 0.6 is 0 Å². The Hall–Kier alpha value is -0.610. The number of rotatable bonds is 4. The van der Waals surface area contributed by atoms with E-state index in [0.29, 0.717) is 13.2 Å². The van der Waals surface area contributed by atoms with Gasteiger partial charge in [-0.1, -0.05) is 0 Å². The average Bonchev–Trinajstić information content (AvgIpc) is 2.46. The second-order valence-electron chi connectivity index (χ2n) is 5.48. The monoisotopic (exact) mass is 228 g/mol. The molecule has 1 aliphatic rings. The summed E-state index contributed by atoms with van der Waals surface area (Å²) in [6, 6.07) is 0. The molecule has 0 aromatic heterocycles. The second kappa shape index (κ2) is 4.72. The number of esters is 1. The van der Waals surface area contributed by atoms with Gasteiger partial charge in [-0.15, -0.1) is 0 Å². The highest BCUT2D eigenvalue weighted by Crippen LogP contribution is 2.29. The molecule has 1 saturated heterocycles. The van der Waals surface area contributed by atoms with Gasteiger partial charge in [-0.05, 0) is 47.1 Å². The minimum Gasteiger partial charge on any atom is -0.465 e. The highest BCUT2D eigenvalue weighted by molar-refractivity contribution is 5.80. The van der Waals surface area contributed by atoms with Crippen LogP contribution in [0.1, 0.15) is 40.5 Å². The predicted molar refractivity (Wildman–Crippen MR) is 64.1 cm³/mol. The third-order valence-corrected chi connectivity index (χ3v) is 3.33. The maximum Gasteiger partial charge on any atom is 0.327 e. The van der Waals surface area contributed by atoms with Crippen LogP contribution in [-0.2, 0) is 9.53 Å². The van der Waals surface area contributed by atoms with Gasteiger partial charge >= 0.3 is 5.97 Å². The van der Waals surface area contributed by atoms with Gasteiger partial charge in [0.2, 0.25) is 0 Å². The van der Waals surface area contributed by atoms with Gasteiger partial charge in [-0.3, -0.25) is 9.69 Å². The van der Waals surface area contributed by atoms with E-state index in [-0.39, 0.29) is 11.5 Å². The first-order valence-electron chi connectivity index (χ1n) is 6.01. The van der Waals surface area contributed by atoms with Gasteiger partial charge in [0.1, 0.15) is 5.54 Å². The van der Waals surface area contributed by atoms with E-state index in [2.05, 4.69) is 18.7 Å². The zero-order valence-corrected chi connectivity index (χ0v) is 10.9. The summed E-state index contributed by atoms with van der Waals surface area (Å²) in [4.78, 5) is 14.0. The fourth-order valence-corrected chi connectivity index (χ4v) is 2.21. The van der Waals surface area contributed by atoms with Crippen molar-refractivity contribution in [2.75, 3.05) is 19.7 Å². The summed E-state index contributed by atoms with van der Waals surface area (Å²) in [6.45, 7) is 9.91. The highest BCUT2D eigenvalue weighted by Gasteiger charge is 2.39. The van der Waals surface area contributed by atoms with Crippen LogP contribution in [0.25, 0.3) is 0 Å². The summed E-state index contributed by atoms with van der Waals surface area (Å²) in [5.74, 6) is -0.308. The van der Waals surface area contributed by atoms with Crippen molar-refractivity contribution in [3.63, 3.8) is 0 Å². The molecule has 1 rings (SSSR count). The van der Waals surface area contributed by atoms with Crippen LogP contribution in [0, 0.1) is 0 Å². The molecule has 0 amide bonds. The van der Waals surface area contributed by atoms with E-state index in [1.165, 1.54) is 6.42 Å². The van der Waals surface area contributed by atoms with Crippen molar-refractivity contribution in [3.8, 4) is 0 Å². The standard InChI is InChI=1S/C12H24N2O2/c1-5-16-10(15)12(4,13)9-14-8-6-7-11(14,2)3/h5-9,13H2,1-4H3. The first-order valence-corrected chi connectivity index (χ1v) is 6.01. The molecule has 0 aliphatic carbocycles. The number of nitrogens with two attached hydrogens (primary N) is 1. The third kappa shape index (κ3) is 2.95. The fourth-order valence-electron chi connectivity index (χ4n) is 2.21. The molecular formula is C12H24N2O2. The van der Waals surface area contributed by atoms with E-state index in [4.69, 9.17) is 10.5 Å². The summed E-state index contributed by atoms with van der Waals surface area (Å²) in [6.07, 6.45) is 2.33. The topological polar surface area (TPSA) is 55.6 Å². The smallest absolute Gasteiger partial charge is 0.327 e. The molecule has 1 fully saturated rings. The van der Waals surface area contributed by atoms with Crippen LogP contribution in [0.2, 0.25) is 0 Å². The van der Waals surface area contributed by atoms with E-state index in [1.54, 1.807) is 13.8 Å². The number of ether oxygens (including phenoxy) is 1. The van der Waals surface area contributed by atoms with Crippen molar-refractivity contribution >= 4 is 5.97 Å². The van der Waals surface area contributed by atoms with Crippen molar-refractivity contribution in [1.29, 1.82) is 0 Å². The Balaban J connectivity index is 2.61. The lowest BCUT2D eigenvalue weighted by Crippen LogP contribution is -2.57. The predicted octanol–water partition coefficient (Wildman–Crippen LogP) is 1.14. The Labute approximate surface area is 98.1 Å². The van der Waals surface area contributed by atoms with Crippen molar-refractivity contribution < 1.29 is 9.53 Å². The average molecular weight is 228 g/mol. The van der Waals surface area contributed by atoms with Crippen LogP contribution < -0.4 is 5.73 Å². The minimum atomic E-state index is -0.905. The summed E-state index contributed by atoms with van der Waals surface area (Å²) in [5.41, 5.74) is 5.27. The number of carbonyl (C=O) groups excluding carboxylic acids is 1. The van der Waals surface area contributed by atoms with Crippen molar-refractivity contribution in [3.05, 3.63) is 0 Å². The van der Waals surface area contributed by atoms with Crippen molar-refractivity contribution in [2.45, 2.75) is 51.6 Å². The Bertz CT molecular complexity index is 262. The SMILES string of the molecule is CCOC(=O)C(C)(N)CN1CCCC1(C)C. The van der Waals surface area contributed by atoms with Gasteiger partial charge in [0.15, 0.2) is 0 Å². The lowest BCUT2D eigenvalue weighted by Gasteiger charge is -2.36. The molecule has 1 aliphatic heterocycles. The number of hydrogen-bond acceptors (Lipinski definition) is 4. The molecule has 0 radical (unpaired) electrons. The first-order chi connectivity index (χ1) is 7.29. The van der Waals surface area contributed by atoms with Gasteiger partial charge in [0, 0.05) is 12.1 Å². The molecule has 16 heavy (non-hydrogen) atoms. The van der Waals surface area contributed by atoms with E-state index >= 15 is 0 Å². The molecule has 0 saturated carbocycles. The molecule has 1 atom stereocenters. The van der Waals surface area contributed by atoms with Crippen LogP contribution in [0.15, 0.2) is 0 Å². The van der Waals surface area contributed by atoms with Crippen LogP contribution in [0.5, 0.6) is 0 Å². The molecule has 4 nitrogen and oxygen atoms in total. The van der Waals surface area contributed by atoms with E-state index < -0.39 is 5.54 Å². The van der Waals surface area contributed by atoms with Gasteiger partial charge in [-0.25, -0.2) is 0 Å². The highest BCUT2D eigenvalue weighted by atomic mass is 16.5. The number of likely N-dealkylation sites (tertiary alicyclic amines) is 1. The maximum absolute atomic E-state index is 11.7. The molecule has 1 heterocycles. The van der Waals surface area contributed by atoms with Gasteiger partial charge in [0.05, 0.1) is 6.61 Å². The minimum absolute atomic E-state index is 0.146. The lowest BCUT2D eigenvalue weighted by atomic mass is 9.98. The van der Waals surface area contributed by atoms with Gasteiger partial charge < -0.3 is 10.5 Å². The van der Waals surface area contributed by atoms with Gasteiger partial charge in [0.25, 0.3) is 0 Å². The van der Waals surface area contributed by atoms with Crippen LogP contribution in [0.4, 0.5) is 0 Å². The Kier molecular flexibility index (Phi) is 3.97. The molecule has 1 unspecified atom stereocenters. The molecule has 4 heteroatoms. The molecule has 2 N–H and O–H groups in total. The maximum atomic E-state index is 11.7. The Morgan fingerprint density at radius 1 is 1.56 bits per heavy atom. The fraction of sp³-hybridized carbons (Fsp3) is 0.917. The number of carbonyl (C=O) groups is 1. The van der Waals surface area contributed by atoms with E-state index in [9.17, 15) is 4.79 Å². The lowest BCUT2D eigenvalue weighted by molar-refractivity contribution is -0.150. The normalized spacial score (nSPS) is 24.1. The zero-order valence-electron chi connectivity index (χ0n) is 10.9. The summed E-state index contributed by atoms with van der Waals surface area (Å²) >= 11 is 0. The molecule has 94 valence electrons. The van der Waals surface area contributed by atoms with Gasteiger partial charge in [-0.2, -0.15) is 0 Å². The molecule has 0 aromatic rings. The summed E-state index contributed by atoms with van der Waals surface area (Å²) < 4.78 is 4.99. The quantitative estimate of drug-likeness (QED) is 0.733. The molecule has 0 spiro atoms. The van der Waals surface area contributed by atoms with Crippen LogP contribution in [0.3, 0.4) is 0 Å². The molecule has 0 bridgehead atoms. The largest absolute Gasteiger partial charge is 0.465 e. The summed E-state index contributed by atoms with van der Waals surface area (Å²) in [7, 11) is 0. The Morgan fingerprint density at radius 3 is 2.62 bits per heavy atom. The molecule has 0 aromatic carbocycles. The second-order valence-corrected chi connectivity index (χ2v) is 5.48. The third-order valence-electron chi connectivity index (χ3n) is 3.33. The number of hydrogen-bond donors (Lipinski definition) is 1. The summed E-state index contributed by atoms with van der Waals surface area (Å²) in [5, 5.41) is 0. The van der Waals surface area contributed by atoms with Crippen molar-refractivity contribution in [2.24, 2.45) is 5.73 Å².